The fraction of sp³-hybridized carbons (Fsp3) is 0.348. The zero-order chi connectivity index (χ0) is 21.5. The number of ketones is 1. The van der Waals surface area contributed by atoms with Crippen molar-refractivity contribution < 1.29 is 28.6 Å². The summed E-state index contributed by atoms with van der Waals surface area (Å²) in [6, 6.07) is 11.5. The number of anilines is 1. The van der Waals surface area contributed by atoms with Crippen LogP contribution in [0, 0.1) is 5.92 Å². The molecule has 0 saturated heterocycles. The largest absolute Gasteiger partial charge is 0.493 e. The molecule has 0 bridgehead atoms. The lowest BCUT2D eigenvalue weighted by Crippen LogP contribution is -2.23. The molecule has 7 nitrogen and oxygen atoms in total. The van der Waals surface area contributed by atoms with Gasteiger partial charge in [-0.2, -0.15) is 0 Å². The van der Waals surface area contributed by atoms with Gasteiger partial charge in [-0.3, -0.25) is 9.59 Å². The Morgan fingerprint density at radius 2 is 1.60 bits per heavy atom. The van der Waals surface area contributed by atoms with E-state index in [0.717, 1.165) is 25.7 Å². The number of nitrogens with one attached hydrogen (secondary N) is 1. The maximum atomic E-state index is 12.7. The molecule has 1 saturated carbocycles. The standard InChI is InChI=1S/C23H25NO6/c1-28-20-12-17(23(27)30-14-19(25)15-8-4-3-5-9-15)18(13-21(20)29-2)24-22(26)16-10-6-7-11-16/h3-5,8-9,12-13,16H,6-7,10-11,14H2,1-2H3,(H,24,26). The number of benzene rings is 2. The number of hydrogen-bond donors (Lipinski definition) is 1. The molecule has 1 aliphatic carbocycles. The van der Waals surface area contributed by atoms with Crippen LogP contribution in [-0.2, 0) is 9.53 Å². The van der Waals surface area contributed by atoms with Crippen LogP contribution < -0.4 is 14.8 Å². The quantitative estimate of drug-likeness (QED) is 0.524. The molecular formula is C23H25NO6. The highest BCUT2D eigenvalue weighted by Crippen LogP contribution is 2.35. The molecule has 0 radical (unpaired) electrons. The monoisotopic (exact) mass is 411 g/mol. The van der Waals surface area contributed by atoms with Gasteiger partial charge in [0.25, 0.3) is 0 Å². The highest BCUT2D eigenvalue weighted by atomic mass is 16.5. The average molecular weight is 411 g/mol. The van der Waals surface area contributed by atoms with E-state index in [2.05, 4.69) is 5.32 Å². The third-order valence-corrected chi connectivity index (χ3v) is 5.16. The second-order valence-corrected chi connectivity index (χ2v) is 7.09. The first-order chi connectivity index (χ1) is 14.5. The lowest BCUT2D eigenvalue weighted by Gasteiger charge is -2.17. The Bertz CT molecular complexity index is 919. The first kappa shape index (κ1) is 21.4. The van der Waals surface area contributed by atoms with Crippen LogP contribution in [0.5, 0.6) is 11.5 Å². The zero-order valence-corrected chi connectivity index (χ0v) is 17.1. The van der Waals surface area contributed by atoms with Gasteiger partial charge in [0.1, 0.15) is 0 Å². The smallest absolute Gasteiger partial charge is 0.340 e. The molecule has 0 atom stereocenters. The molecule has 0 unspecified atom stereocenters. The molecule has 0 heterocycles. The van der Waals surface area contributed by atoms with Crippen molar-refractivity contribution in [3.63, 3.8) is 0 Å². The SMILES string of the molecule is COc1cc(NC(=O)C2CCCC2)c(C(=O)OCC(=O)c2ccccc2)cc1OC. The molecule has 1 fully saturated rings. The minimum atomic E-state index is -0.734. The normalized spacial score (nSPS) is 13.5. The van der Waals surface area contributed by atoms with Crippen LogP contribution in [0.4, 0.5) is 5.69 Å². The number of methoxy groups -OCH3 is 2. The first-order valence-electron chi connectivity index (χ1n) is 9.85. The van der Waals surface area contributed by atoms with E-state index in [9.17, 15) is 14.4 Å². The summed E-state index contributed by atoms with van der Waals surface area (Å²) >= 11 is 0. The van der Waals surface area contributed by atoms with Gasteiger partial charge in [-0.1, -0.05) is 43.2 Å². The van der Waals surface area contributed by atoms with Crippen LogP contribution in [0.1, 0.15) is 46.4 Å². The summed E-state index contributed by atoms with van der Waals surface area (Å²) in [4.78, 5) is 37.6. The maximum absolute atomic E-state index is 12.7. The van der Waals surface area contributed by atoms with Crippen LogP contribution >= 0.6 is 0 Å². The van der Waals surface area contributed by atoms with Crippen molar-refractivity contribution in [3.05, 3.63) is 53.6 Å². The van der Waals surface area contributed by atoms with Crippen molar-refractivity contribution in [2.75, 3.05) is 26.1 Å². The van der Waals surface area contributed by atoms with Crippen LogP contribution in [0.3, 0.4) is 0 Å². The van der Waals surface area contributed by atoms with Gasteiger partial charge in [0.05, 0.1) is 25.5 Å². The number of ether oxygens (including phenoxy) is 3. The predicted molar refractivity (Wildman–Crippen MR) is 111 cm³/mol. The van der Waals surface area contributed by atoms with Gasteiger partial charge < -0.3 is 19.5 Å². The Hall–Kier alpha value is -3.35. The van der Waals surface area contributed by atoms with Crippen molar-refractivity contribution in [2.24, 2.45) is 5.92 Å². The fourth-order valence-electron chi connectivity index (χ4n) is 3.49. The molecule has 7 heteroatoms. The summed E-state index contributed by atoms with van der Waals surface area (Å²) in [5, 5.41) is 2.82. The second-order valence-electron chi connectivity index (χ2n) is 7.09. The summed E-state index contributed by atoms with van der Waals surface area (Å²) in [5.41, 5.74) is 0.814. The molecule has 1 aliphatic rings. The Balaban J connectivity index is 1.80. The van der Waals surface area contributed by atoms with Crippen LogP contribution in [0.15, 0.2) is 42.5 Å². The number of Topliss-reactive ketones (excluding diaryl/α,β-unsaturated/α-hetero) is 1. The van der Waals surface area contributed by atoms with E-state index in [4.69, 9.17) is 14.2 Å². The number of carbonyl (C=O) groups is 3. The van der Waals surface area contributed by atoms with Gasteiger partial charge in [-0.05, 0) is 12.8 Å². The lowest BCUT2D eigenvalue weighted by molar-refractivity contribution is -0.119. The number of hydrogen-bond acceptors (Lipinski definition) is 6. The molecule has 158 valence electrons. The van der Waals surface area contributed by atoms with Crippen molar-refractivity contribution >= 4 is 23.3 Å². The van der Waals surface area contributed by atoms with Crippen molar-refractivity contribution in [1.29, 1.82) is 0 Å². The Labute approximate surface area is 175 Å². The molecule has 1 amide bonds. The molecular weight excluding hydrogens is 386 g/mol. The minimum Gasteiger partial charge on any atom is -0.493 e. The van der Waals surface area contributed by atoms with Crippen LogP contribution in [0.2, 0.25) is 0 Å². The van der Waals surface area contributed by atoms with E-state index in [1.807, 2.05) is 0 Å². The topological polar surface area (TPSA) is 90.9 Å². The number of rotatable bonds is 8. The molecule has 3 rings (SSSR count). The van der Waals surface area contributed by atoms with Crippen LogP contribution in [-0.4, -0.2) is 38.5 Å². The summed E-state index contributed by atoms with van der Waals surface area (Å²) in [7, 11) is 2.92. The Morgan fingerprint density at radius 3 is 2.23 bits per heavy atom. The van der Waals surface area contributed by atoms with Gasteiger partial charge in [0.15, 0.2) is 23.9 Å². The second kappa shape index (κ2) is 9.91. The van der Waals surface area contributed by atoms with E-state index in [-0.39, 0.29) is 28.9 Å². The molecule has 2 aromatic rings. The third kappa shape index (κ3) is 4.97. The molecule has 0 aromatic heterocycles. The van der Waals surface area contributed by atoms with E-state index in [1.54, 1.807) is 30.3 Å². The van der Waals surface area contributed by atoms with E-state index in [0.29, 0.717) is 17.1 Å². The summed E-state index contributed by atoms with van der Waals surface area (Å²) in [5.74, 6) is -0.590. The third-order valence-electron chi connectivity index (χ3n) is 5.16. The van der Waals surface area contributed by atoms with E-state index >= 15 is 0 Å². The highest BCUT2D eigenvalue weighted by Gasteiger charge is 2.26. The summed E-state index contributed by atoms with van der Waals surface area (Å²) in [6.07, 6.45) is 3.68. The fourth-order valence-corrected chi connectivity index (χ4v) is 3.49. The van der Waals surface area contributed by atoms with Crippen molar-refractivity contribution in [1.82, 2.24) is 0 Å². The van der Waals surface area contributed by atoms with Crippen molar-refractivity contribution in [3.8, 4) is 11.5 Å². The van der Waals surface area contributed by atoms with Gasteiger partial charge >= 0.3 is 5.97 Å². The molecule has 0 aliphatic heterocycles. The predicted octanol–water partition coefficient (Wildman–Crippen LogP) is 3.87. The lowest BCUT2D eigenvalue weighted by atomic mass is 10.1. The van der Waals surface area contributed by atoms with Crippen molar-refractivity contribution in [2.45, 2.75) is 25.7 Å². The van der Waals surface area contributed by atoms with Gasteiger partial charge in [-0.25, -0.2) is 4.79 Å². The van der Waals surface area contributed by atoms with E-state index in [1.165, 1.54) is 26.4 Å². The zero-order valence-electron chi connectivity index (χ0n) is 17.1. The van der Waals surface area contributed by atoms with Gasteiger partial charge in [0.2, 0.25) is 5.91 Å². The van der Waals surface area contributed by atoms with Crippen LogP contribution in [0.25, 0.3) is 0 Å². The molecule has 1 N–H and O–H groups in total. The average Bonchev–Trinajstić information content (AvgIpc) is 3.32. The summed E-state index contributed by atoms with van der Waals surface area (Å²) in [6.45, 7) is -0.410. The molecule has 0 spiro atoms. The first-order valence-corrected chi connectivity index (χ1v) is 9.85. The summed E-state index contributed by atoms with van der Waals surface area (Å²) < 4.78 is 15.8. The number of carbonyl (C=O) groups excluding carboxylic acids is 3. The number of esters is 1. The Morgan fingerprint density at radius 1 is 0.967 bits per heavy atom. The van der Waals surface area contributed by atoms with Gasteiger partial charge in [0, 0.05) is 23.6 Å². The number of amides is 1. The highest BCUT2D eigenvalue weighted by molar-refractivity contribution is 6.04. The molecule has 2 aromatic carbocycles. The Kier molecular flexibility index (Phi) is 7.06. The van der Waals surface area contributed by atoms with E-state index < -0.39 is 12.6 Å². The molecule has 30 heavy (non-hydrogen) atoms. The minimum absolute atomic E-state index is 0.0818. The van der Waals surface area contributed by atoms with Gasteiger partial charge in [-0.15, -0.1) is 0 Å². The maximum Gasteiger partial charge on any atom is 0.340 e.